The molecule has 2 rings (SSSR count). The molecule has 0 amide bonds. The summed E-state index contributed by atoms with van der Waals surface area (Å²) in [6, 6.07) is 15.5. The molecule has 0 heterocycles. The minimum Gasteiger partial charge on any atom is -0.497 e. The molecule has 0 aliphatic heterocycles. The molecular formula is C19H23N3O2S. The van der Waals surface area contributed by atoms with Crippen molar-refractivity contribution in [3.8, 4) is 11.5 Å². The lowest BCUT2D eigenvalue weighted by Gasteiger charge is -2.09. The molecule has 0 bridgehead atoms. The van der Waals surface area contributed by atoms with Crippen molar-refractivity contribution in [3.63, 3.8) is 0 Å². The minimum absolute atomic E-state index is 0.443. The van der Waals surface area contributed by atoms with Gasteiger partial charge < -0.3 is 14.8 Å². The number of thiocarbonyl (C=S) groups is 1. The Morgan fingerprint density at radius 3 is 2.28 bits per heavy atom. The molecule has 0 saturated carbocycles. The van der Waals surface area contributed by atoms with Crippen molar-refractivity contribution < 1.29 is 9.47 Å². The number of nitrogens with one attached hydrogen (secondary N) is 2. The summed E-state index contributed by atoms with van der Waals surface area (Å²) in [7, 11) is 1.66. The SMILES string of the molecule is CCOc1ccc(NC(=S)N/N=C(/C)Cc2ccc(OC)cc2)cc1. The molecule has 0 saturated heterocycles. The van der Waals surface area contributed by atoms with E-state index >= 15 is 0 Å². The predicted molar refractivity (Wildman–Crippen MR) is 107 cm³/mol. The highest BCUT2D eigenvalue weighted by Crippen LogP contribution is 2.15. The van der Waals surface area contributed by atoms with Gasteiger partial charge in [0.05, 0.1) is 13.7 Å². The van der Waals surface area contributed by atoms with Gasteiger partial charge in [0.25, 0.3) is 0 Å². The number of rotatable bonds is 7. The quantitative estimate of drug-likeness (QED) is 0.446. The highest BCUT2D eigenvalue weighted by atomic mass is 32.1. The number of methoxy groups -OCH3 is 1. The first kappa shape index (κ1) is 18.7. The number of hydrogen-bond donors (Lipinski definition) is 2. The van der Waals surface area contributed by atoms with E-state index < -0.39 is 0 Å². The zero-order valence-electron chi connectivity index (χ0n) is 14.7. The molecule has 0 aliphatic carbocycles. The van der Waals surface area contributed by atoms with Crippen LogP contribution < -0.4 is 20.2 Å². The van der Waals surface area contributed by atoms with Crippen molar-refractivity contribution in [2.45, 2.75) is 20.3 Å². The van der Waals surface area contributed by atoms with Crippen LogP contribution in [0.1, 0.15) is 19.4 Å². The van der Waals surface area contributed by atoms with Crippen molar-refractivity contribution >= 4 is 28.7 Å². The Morgan fingerprint density at radius 2 is 1.68 bits per heavy atom. The van der Waals surface area contributed by atoms with Gasteiger partial charge in [-0.3, -0.25) is 5.43 Å². The van der Waals surface area contributed by atoms with E-state index in [2.05, 4.69) is 15.8 Å². The van der Waals surface area contributed by atoms with Crippen LogP contribution in [0.2, 0.25) is 0 Å². The molecule has 0 radical (unpaired) electrons. The van der Waals surface area contributed by atoms with E-state index in [1.165, 1.54) is 0 Å². The molecule has 0 aromatic heterocycles. The number of hydrogen-bond acceptors (Lipinski definition) is 4. The number of nitrogens with zero attached hydrogens (tertiary/aromatic N) is 1. The van der Waals surface area contributed by atoms with Gasteiger partial charge in [-0.2, -0.15) is 5.10 Å². The molecular weight excluding hydrogens is 334 g/mol. The Morgan fingerprint density at radius 1 is 1.04 bits per heavy atom. The smallest absolute Gasteiger partial charge is 0.191 e. The molecule has 0 spiro atoms. The molecule has 2 aromatic carbocycles. The zero-order valence-corrected chi connectivity index (χ0v) is 15.5. The van der Waals surface area contributed by atoms with Crippen LogP contribution in [0.15, 0.2) is 53.6 Å². The molecule has 0 aliphatic rings. The second kappa shape index (κ2) is 9.64. The lowest BCUT2D eigenvalue weighted by atomic mass is 10.1. The monoisotopic (exact) mass is 357 g/mol. The van der Waals surface area contributed by atoms with Gasteiger partial charge in [-0.15, -0.1) is 0 Å². The largest absolute Gasteiger partial charge is 0.497 e. The Hall–Kier alpha value is -2.60. The van der Waals surface area contributed by atoms with Crippen molar-refractivity contribution in [3.05, 3.63) is 54.1 Å². The average Bonchev–Trinajstić information content (AvgIpc) is 2.62. The maximum Gasteiger partial charge on any atom is 0.191 e. The molecule has 5 nitrogen and oxygen atoms in total. The summed E-state index contributed by atoms with van der Waals surface area (Å²) in [5.74, 6) is 1.68. The third kappa shape index (κ3) is 6.43. The number of anilines is 1. The lowest BCUT2D eigenvalue weighted by molar-refractivity contribution is 0.340. The highest BCUT2D eigenvalue weighted by molar-refractivity contribution is 7.80. The van der Waals surface area contributed by atoms with Crippen LogP contribution in [-0.2, 0) is 6.42 Å². The van der Waals surface area contributed by atoms with E-state index in [9.17, 15) is 0 Å². The third-order valence-corrected chi connectivity index (χ3v) is 3.58. The molecule has 132 valence electrons. The summed E-state index contributed by atoms with van der Waals surface area (Å²) in [6.45, 7) is 4.56. The molecule has 0 unspecified atom stereocenters. The first-order valence-corrected chi connectivity index (χ1v) is 8.47. The van der Waals surface area contributed by atoms with Gasteiger partial charge in [-0.25, -0.2) is 0 Å². The van der Waals surface area contributed by atoms with Crippen molar-refractivity contribution in [2.75, 3.05) is 19.0 Å². The van der Waals surface area contributed by atoms with Crippen molar-refractivity contribution in [1.82, 2.24) is 5.43 Å². The maximum absolute atomic E-state index is 5.41. The predicted octanol–water partition coefficient (Wildman–Crippen LogP) is 4.00. The van der Waals surface area contributed by atoms with Gasteiger partial charge >= 0.3 is 0 Å². The highest BCUT2D eigenvalue weighted by Gasteiger charge is 2.00. The van der Waals surface area contributed by atoms with Crippen LogP contribution in [0.3, 0.4) is 0 Å². The first-order chi connectivity index (χ1) is 12.1. The van der Waals surface area contributed by atoms with Crippen molar-refractivity contribution in [1.29, 1.82) is 0 Å². The van der Waals surface area contributed by atoms with Crippen LogP contribution >= 0.6 is 12.2 Å². The average molecular weight is 357 g/mol. The van der Waals surface area contributed by atoms with E-state index in [1.807, 2.05) is 62.4 Å². The Kier molecular flexibility index (Phi) is 7.22. The van der Waals surface area contributed by atoms with Crippen molar-refractivity contribution in [2.24, 2.45) is 5.10 Å². The first-order valence-electron chi connectivity index (χ1n) is 8.06. The summed E-state index contributed by atoms with van der Waals surface area (Å²) >= 11 is 5.26. The summed E-state index contributed by atoms with van der Waals surface area (Å²) in [5, 5.41) is 7.84. The number of ether oxygens (including phenoxy) is 2. The van der Waals surface area contributed by atoms with E-state index in [0.29, 0.717) is 11.7 Å². The van der Waals surface area contributed by atoms with Crippen LogP contribution in [0, 0.1) is 0 Å². The molecule has 2 N–H and O–H groups in total. The van der Waals surface area contributed by atoms with Crippen LogP contribution in [0.4, 0.5) is 5.69 Å². The van der Waals surface area contributed by atoms with Gasteiger partial charge in [0, 0.05) is 17.8 Å². The Balaban J connectivity index is 1.83. The summed E-state index contributed by atoms with van der Waals surface area (Å²) < 4.78 is 10.6. The van der Waals surface area contributed by atoms with E-state index in [4.69, 9.17) is 21.7 Å². The fourth-order valence-corrected chi connectivity index (χ4v) is 2.35. The van der Waals surface area contributed by atoms with Gasteiger partial charge in [0.15, 0.2) is 5.11 Å². The van der Waals surface area contributed by atoms with Crippen LogP contribution in [-0.4, -0.2) is 24.5 Å². The topological polar surface area (TPSA) is 54.9 Å². The van der Waals surface area contributed by atoms with Gasteiger partial charge in [-0.1, -0.05) is 12.1 Å². The normalized spacial score (nSPS) is 10.9. The lowest BCUT2D eigenvalue weighted by Crippen LogP contribution is -2.25. The van der Waals surface area contributed by atoms with Crippen LogP contribution in [0.5, 0.6) is 11.5 Å². The molecule has 0 atom stereocenters. The fourth-order valence-electron chi connectivity index (χ4n) is 2.18. The zero-order chi connectivity index (χ0) is 18.1. The molecule has 6 heteroatoms. The van der Waals surface area contributed by atoms with E-state index in [1.54, 1.807) is 7.11 Å². The second-order valence-electron chi connectivity index (χ2n) is 5.40. The fraction of sp³-hybridized carbons (Fsp3) is 0.263. The molecule has 25 heavy (non-hydrogen) atoms. The van der Waals surface area contributed by atoms with Gasteiger partial charge in [0.1, 0.15) is 11.5 Å². The second-order valence-corrected chi connectivity index (χ2v) is 5.80. The number of benzene rings is 2. The minimum atomic E-state index is 0.443. The summed E-state index contributed by atoms with van der Waals surface area (Å²) in [5.41, 5.74) is 5.84. The maximum atomic E-state index is 5.41. The third-order valence-electron chi connectivity index (χ3n) is 3.39. The van der Waals surface area contributed by atoms with Gasteiger partial charge in [0.2, 0.25) is 0 Å². The van der Waals surface area contributed by atoms with Crippen LogP contribution in [0.25, 0.3) is 0 Å². The molecule has 2 aromatic rings. The number of hydrazone groups is 1. The Bertz CT molecular complexity index is 712. The summed E-state index contributed by atoms with van der Waals surface area (Å²) in [6.07, 6.45) is 0.739. The molecule has 0 fully saturated rings. The summed E-state index contributed by atoms with van der Waals surface area (Å²) in [4.78, 5) is 0. The Labute approximate surface area is 154 Å². The standard InChI is InChI=1S/C19H23N3O2S/c1-4-24-18-11-7-16(8-12-18)20-19(25)22-21-14(2)13-15-5-9-17(23-3)10-6-15/h5-12H,4,13H2,1-3H3,(H2,20,22,25)/b21-14-. The van der Waals surface area contributed by atoms with E-state index in [0.717, 1.165) is 34.9 Å². The van der Waals surface area contributed by atoms with E-state index in [-0.39, 0.29) is 0 Å². The van der Waals surface area contributed by atoms with Gasteiger partial charge in [-0.05, 0) is 68.0 Å².